The summed E-state index contributed by atoms with van der Waals surface area (Å²) in [6.07, 6.45) is -3.47. The minimum atomic E-state index is -4.64. The lowest BCUT2D eigenvalue weighted by atomic mass is 10.2. The molecule has 0 bridgehead atoms. The summed E-state index contributed by atoms with van der Waals surface area (Å²) < 4.78 is 38.3. The number of nitrogens with one attached hydrogen (secondary N) is 1. The molecular formula is C16H15ClF3N3O4. The fraction of sp³-hybridized carbons (Fsp3) is 0.375. The normalized spacial score (nSPS) is 14.9. The van der Waals surface area contributed by atoms with Crippen molar-refractivity contribution in [2.75, 3.05) is 18.4 Å². The molecule has 1 aromatic rings. The van der Waals surface area contributed by atoms with E-state index in [2.05, 4.69) is 5.32 Å². The lowest BCUT2D eigenvalue weighted by Gasteiger charge is -2.16. The summed E-state index contributed by atoms with van der Waals surface area (Å²) in [6, 6.07) is 1.40. The highest BCUT2D eigenvalue weighted by atomic mass is 35.5. The van der Waals surface area contributed by atoms with Crippen LogP contribution in [0.2, 0.25) is 5.02 Å². The number of alkyl halides is 3. The van der Waals surface area contributed by atoms with Gasteiger partial charge in [-0.05, 0) is 24.6 Å². The van der Waals surface area contributed by atoms with Gasteiger partial charge in [-0.15, -0.1) is 0 Å². The lowest BCUT2D eigenvalue weighted by molar-refractivity contribution is -0.143. The van der Waals surface area contributed by atoms with Crippen LogP contribution in [0.5, 0.6) is 0 Å². The first-order valence-electron chi connectivity index (χ1n) is 7.90. The van der Waals surface area contributed by atoms with Gasteiger partial charge in [-0.1, -0.05) is 24.9 Å². The van der Waals surface area contributed by atoms with Crippen LogP contribution in [0, 0.1) is 0 Å². The minimum absolute atomic E-state index is 0.0392. The molecule has 0 aromatic heterocycles. The summed E-state index contributed by atoms with van der Waals surface area (Å²) in [4.78, 5) is 49.1. The van der Waals surface area contributed by atoms with Crippen molar-refractivity contribution in [2.24, 2.45) is 0 Å². The molecule has 1 aliphatic heterocycles. The molecule has 1 aromatic carbocycles. The van der Waals surface area contributed by atoms with Crippen molar-refractivity contribution in [1.29, 1.82) is 0 Å². The summed E-state index contributed by atoms with van der Waals surface area (Å²) >= 11 is 5.78. The number of carbonyl (C=O) groups excluding carboxylic acids is 4. The number of unbranched alkanes of at least 4 members (excludes halogenated alkanes) is 1. The fourth-order valence-corrected chi connectivity index (χ4v) is 2.50. The second-order valence-electron chi connectivity index (χ2n) is 5.72. The maximum Gasteiger partial charge on any atom is 0.416 e. The van der Waals surface area contributed by atoms with E-state index in [1.807, 2.05) is 6.92 Å². The van der Waals surface area contributed by atoms with Gasteiger partial charge < -0.3 is 5.32 Å². The molecule has 7 nitrogen and oxygen atoms in total. The van der Waals surface area contributed by atoms with Crippen molar-refractivity contribution in [3.8, 4) is 0 Å². The first-order valence-corrected chi connectivity index (χ1v) is 8.28. The summed E-state index contributed by atoms with van der Waals surface area (Å²) in [5, 5.41) is 1.96. The molecule has 1 saturated heterocycles. The smallest absolute Gasteiger partial charge is 0.323 e. The Morgan fingerprint density at radius 3 is 2.37 bits per heavy atom. The van der Waals surface area contributed by atoms with E-state index in [0.717, 1.165) is 17.0 Å². The maximum absolute atomic E-state index is 12.8. The molecule has 11 heteroatoms. The third-order valence-electron chi connectivity index (χ3n) is 3.74. The average molecular weight is 406 g/mol. The number of anilines is 1. The number of halogens is 4. The maximum atomic E-state index is 12.8. The highest BCUT2D eigenvalue weighted by Gasteiger charge is 2.44. The van der Waals surface area contributed by atoms with E-state index in [1.54, 1.807) is 0 Å². The highest BCUT2D eigenvalue weighted by Crippen LogP contribution is 2.33. The standard InChI is InChI=1S/C16H15ClF3N3O4/c1-2-3-6-22-13(25)14(26)23(15(22)27)8-12(24)21-11-7-9(16(18,19)20)4-5-10(11)17/h4-5,7H,2-3,6,8H2,1H3,(H,21,24). The predicted molar refractivity (Wildman–Crippen MR) is 88.8 cm³/mol. The van der Waals surface area contributed by atoms with Gasteiger partial charge in [-0.25, -0.2) is 9.69 Å². The number of hydrogen-bond acceptors (Lipinski definition) is 4. The van der Waals surface area contributed by atoms with Crippen molar-refractivity contribution in [3.05, 3.63) is 28.8 Å². The number of hydrogen-bond donors (Lipinski definition) is 1. The first-order chi connectivity index (χ1) is 12.6. The van der Waals surface area contributed by atoms with Crippen LogP contribution in [0.4, 0.5) is 23.7 Å². The third kappa shape index (κ3) is 4.57. The van der Waals surface area contributed by atoms with Gasteiger partial charge in [0, 0.05) is 6.54 Å². The van der Waals surface area contributed by atoms with Gasteiger partial charge in [0.05, 0.1) is 16.3 Å². The number of imide groups is 2. The molecule has 1 heterocycles. The van der Waals surface area contributed by atoms with E-state index < -0.39 is 42.0 Å². The Hall–Kier alpha value is -2.62. The van der Waals surface area contributed by atoms with Crippen LogP contribution in [-0.4, -0.2) is 46.6 Å². The quantitative estimate of drug-likeness (QED) is 0.582. The summed E-state index contributed by atoms with van der Waals surface area (Å²) in [5.74, 6) is -3.18. The van der Waals surface area contributed by atoms with Crippen LogP contribution in [0.1, 0.15) is 25.3 Å². The zero-order valence-electron chi connectivity index (χ0n) is 14.1. The Morgan fingerprint density at radius 1 is 1.15 bits per heavy atom. The molecule has 0 aliphatic carbocycles. The number of carbonyl (C=O) groups is 4. The van der Waals surface area contributed by atoms with Gasteiger partial charge in [0.25, 0.3) is 0 Å². The third-order valence-corrected chi connectivity index (χ3v) is 4.07. The van der Waals surface area contributed by atoms with E-state index in [4.69, 9.17) is 11.6 Å². The molecule has 1 aliphatic rings. The van der Waals surface area contributed by atoms with E-state index in [1.165, 1.54) is 0 Å². The second-order valence-corrected chi connectivity index (χ2v) is 6.13. The number of rotatable bonds is 6. The fourth-order valence-electron chi connectivity index (χ4n) is 2.33. The predicted octanol–water partition coefficient (Wildman–Crippen LogP) is 2.89. The number of urea groups is 1. The Kier molecular flexibility index (Phi) is 6.09. The molecule has 0 radical (unpaired) electrons. The Balaban J connectivity index is 2.11. The first kappa shape index (κ1) is 20.7. The van der Waals surface area contributed by atoms with Gasteiger partial charge in [0.2, 0.25) is 5.91 Å². The number of nitrogens with zero attached hydrogens (tertiary/aromatic N) is 2. The second kappa shape index (κ2) is 7.95. The van der Waals surface area contributed by atoms with Crippen LogP contribution in [-0.2, 0) is 20.6 Å². The summed E-state index contributed by atoms with van der Waals surface area (Å²) in [7, 11) is 0. The molecule has 0 atom stereocenters. The molecule has 1 N–H and O–H groups in total. The molecule has 0 saturated carbocycles. The van der Waals surface area contributed by atoms with E-state index >= 15 is 0 Å². The Bertz CT molecular complexity index is 798. The van der Waals surface area contributed by atoms with Crippen LogP contribution in [0.3, 0.4) is 0 Å². The van der Waals surface area contributed by atoms with Gasteiger partial charge in [0.1, 0.15) is 6.54 Å². The number of benzene rings is 1. The zero-order chi connectivity index (χ0) is 20.4. The van der Waals surface area contributed by atoms with Gasteiger partial charge >= 0.3 is 24.0 Å². The monoisotopic (exact) mass is 405 g/mol. The summed E-state index contributed by atoms with van der Waals surface area (Å²) in [5.41, 5.74) is -1.36. The van der Waals surface area contributed by atoms with Crippen LogP contribution < -0.4 is 5.32 Å². The lowest BCUT2D eigenvalue weighted by Crippen LogP contribution is -2.39. The van der Waals surface area contributed by atoms with Crippen LogP contribution >= 0.6 is 11.6 Å². The molecule has 1 fully saturated rings. The van der Waals surface area contributed by atoms with Gasteiger partial charge in [-0.3, -0.25) is 19.3 Å². The molecule has 146 valence electrons. The van der Waals surface area contributed by atoms with Gasteiger partial charge in [0.15, 0.2) is 0 Å². The Labute approximate surface area is 157 Å². The molecule has 27 heavy (non-hydrogen) atoms. The SMILES string of the molecule is CCCCN1C(=O)C(=O)N(CC(=O)Nc2cc(C(F)(F)F)ccc2Cl)C1=O. The number of amides is 5. The van der Waals surface area contributed by atoms with Crippen molar-refractivity contribution in [1.82, 2.24) is 9.80 Å². The summed E-state index contributed by atoms with van der Waals surface area (Å²) in [6.45, 7) is 1.05. The van der Waals surface area contributed by atoms with Crippen molar-refractivity contribution >= 4 is 41.0 Å². The van der Waals surface area contributed by atoms with Crippen LogP contribution in [0.25, 0.3) is 0 Å². The Morgan fingerprint density at radius 2 is 1.78 bits per heavy atom. The van der Waals surface area contributed by atoms with Crippen LogP contribution in [0.15, 0.2) is 18.2 Å². The molecule has 5 amide bonds. The zero-order valence-corrected chi connectivity index (χ0v) is 14.9. The largest absolute Gasteiger partial charge is 0.416 e. The average Bonchev–Trinajstić information content (AvgIpc) is 2.78. The minimum Gasteiger partial charge on any atom is -0.323 e. The van der Waals surface area contributed by atoms with E-state index in [9.17, 15) is 32.3 Å². The van der Waals surface area contributed by atoms with E-state index in [0.29, 0.717) is 23.8 Å². The highest BCUT2D eigenvalue weighted by molar-refractivity contribution is 6.45. The molecule has 0 unspecified atom stereocenters. The molecule has 2 rings (SSSR count). The van der Waals surface area contributed by atoms with Crippen molar-refractivity contribution in [2.45, 2.75) is 25.9 Å². The topological polar surface area (TPSA) is 86.8 Å². The molecular weight excluding hydrogens is 391 g/mol. The molecule has 0 spiro atoms. The van der Waals surface area contributed by atoms with Crippen molar-refractivity contribution < 1.29 is 32.3 Å². The van der Waals surface area contributed by atoms with Crippen molar-refractivity contribution in [3.63, 3.8) is 0 Å². The van der Waals surface area contributed by atoms with Gasteiger partial charge in [-0.2, -0.15) is 13.2 Å². The van der Waals surface area contributed by atoms with E-state index in [-0.39, 0.29) is 17.3 Å².